The first-order valence-electron chi connectivity index (χ1n) is 5.86. The lowest BCUT2D eigenvalue weighted by Gasteiger charge is -2.21. The third-order valence-electron chi connectivity index (χ3n) is 2.62. The van der Waals surface area contributed by atoms with Gasteiger partial charge < -0.3 is 10.2 Å². The Morgan fingerprint density at radius 3 is 2.47 bits per heavy atom. The smallest absolute Gasteiger partial charge is 0.0369 e. The summed E-state index contributed by atoms with van der Waals surface area (Å²) in [6.07, 6.45) is 0. The summed E-state index contributed by atoms with van der Waals surface area (Å²) < 4.78 is 0. The van der Waals surface area contributed by atoms with E-state index in [-0.39, 0.29) is 0 Å². The minimum absolute atomic E-state index is 0.964. The minimum atomic E-state index is 0.964. The molecule has 0 unspecified atom stereocenters. The van der Waals surface area contributed by atoms with Gasteiger partial charge in [-0.05, 0) is 38.1 Å². The van der Waals surface area contributed by atoms with Crippen LogP contribution in [0.15, 0.2) is 24.3 Å². The normalized spacial score (nSPS) is 10.3. The molecule has 1 rings (SSSR count). The molecule has 0 aliphatic carbocycles. The number of hydrogen-bond donors (Lipinski definition) is 1. The summed E-state index contributed by atoms with van der Waals surface area (Å²) in [5.74, 6) is 0. The molecule has 0 saturated heterocycles. The summed E-state index contributed by atoms with van der Waals surface area (Å²) in [7, 11) is 0. The van der Waals surface area contributed by atoms with Gasteiger partial charge in [0.25, 0.3) is 0 Å². The molecule has 0 atom stereocenters. The number of hydrogen-bond acceptors (Lipinski definition) is 2. The molecule has 0 amide bonds. The second-order valence-corrected chi connectivity index (χ2v) is 3.62. The highest BCUT2D eigenvalue weighted by atomic mass is 15.1. The highest BCUT2D eigenvalue weighted by Crippen LogP contribution is 2.15. The van der Waals surface area contributed by atoms with Gasteiger partial charge in [-0.3, -0.25) is 0 Å². The van der Waals surface area contributed by atoms with Crippen molar-refractivity contribution in [3.8, 4) is 0 Å². The Morgan fingerprint density at radius 2 is 1.87 bits per heavy atom. The predicted molar refractivity (Wildman–Crippen MR) is 67.4 cm³/mol. The van der Waals surface area contributed by atoms with Crippen LogP contribution in [0.1, 0.15) is 26.3 Å². The summed E-state index contributed by atoms with van der Waals surface area (Å²) in [4.78, 5) is 2.37. The van der Waals surface area contributed by atoms with Gasteiger partial charge in [0.1, 0.15) is 0 Å². The Bertz CT molecular complexity index is 280. The molecule has 2 heteroatoms. The van der Waals surface area contributed by atoms with Crippen molar-refractivity contribution in [1.29, 1.82) is 0 Å². The van der Waals surface area contributed by atoms with E-state index in [4.69, 9.17) is 0 Å². The van der Waals surface area contributed by atoms with Gasteiger partial charge in [0.15, 0.2) is 0 Å². The van der Waals surface area contributed by atoms with Crippen LogP contribution < -0.4 is 10.2 Å². The van der Waals surface area contributed by atoms with Crippen LogP contribution in [0.2, 0.25) is 0 Å². The van der Waals surface area contributed by atoms with E-state index in [1.54, 1.807) is 0 Å². The molecule has 0 aliphatic rings. The quantitative estimate of drug-likeness (QED) is 0.769. The van der Waals surface area contributed by atoms with Gasteiger partial charge in [0.05, 0.1) is 0 Å². The standard InChI is InChI=1S/C13H22N2/c1-4-14-11-12-8-7-9-13(10-12)15(5-2)6-3/h7-10,14H,4-6,11H2,1-3H3. The fourth-order valence-corrected chi connectivity index (χ4v) is 1.72. The third kappa shape index (κ3) is 3.56. The van der Waals surface area contributed by atoms with Crippen molar-refractivity contribution in [2.24, 2.45) is 0 Å². The van der Waals surface area contributed by atoms with E-state index in [0.29, 0.717) is 0 Å². The molecule has 84 valence electrons. The number of nitrogens with one attached hydrogen (secondary N) is 1. The van der Waals surface area contributed by atoms with Crippen LogP contribution in [0.5, 0.6) is 0 Å². The van der Waals surface area contributed by atoms with E-state index in [9.17, 15) is 0 Å². The highest BCUT2D eigenvalue weighted by molar-refractivity contribution is 5.48. The number of nitrogens with zero attached hydrogens (tertiary/aromatic N) is 1. The van der Waals surface area contributed by atoms with Crippen molar-refractivity contribution in [1.82, 2.24) is 5.32 Å². The number of benzene rings is 1. The maximum Gasteiger partial charge on any atom is 0.0369 e. The molecule has 1 aromatic rings. The molecule has 0 spiro atoms. The van der Waals surface area contributed by atoms with Gasteiger partial charge in [0, 0.05) is 25.3 Å². The monoisotopic (exact) mass is 206 g/mol. The fraction of sp³-hybridized carbons (Fsp3) is 0.538. The zero-order valence-corrected chi connectivity index (χ0v) is 10.1. The van der Waals surface area contributed by atoms with Crippen LogP contribution in [-0.2, 0) is 6.54 Å². The Balaban J connectivity index is 2.72. The Morgan fingerprint density at radius 1 is 1.13 bits per heavy atom. The molecule has 0 saturated carbocycles. The lowest BCUT2D eigenvalue weighted by Crippen LogP contribution is -2.22. The highest BCUT2D eigenvalue weighted by Gasteiger charge is 2.01. The van der Waals surface area contributed by atoms with Crippen LogP contribution in [0.3, 0.4) is 0 Å². The summed E-state index contributed by atoms with van der Waals surface area (Å²) in [5.41, 5.74) is 2.69. The van der Waals surface area contributed by atoms with Crippen molar-refractivity contribution < 1.29 is 0 Å². The predicted octanol–water partition coefficient (Wildman–Crippen LogP) is 2.64. The van der Waals surface area contributed by atoms with Crippen LogP contribution in [-0.4, -0.2) is 19.6 Å². The third-order valence-corrected chi connectivity index (χ3v) is 2.62. The molecule has 1 aromatic carbocycles. The van der Waals surface area contributed by atoms with Crippen LogP contribution in [0, 0.1) is 0 Å². The first-order valence-corrected chi connectivity index (χ1v) is 5.86. The first-order chi connectivity index (χ1) is 7.31. The Kier molecular flexibility index (Phi) is 5.19. The average Bonchev–Trinajstić information content (AvgIpc) is 2.29. The van der Waals surface area contributed by atoms with Gasteiger partial charge in [0.2, 0.25) is 0 Å². The zero-order valence-electron chi connectivity index (χ0n) is 10.1. The van der Waals surface area contributed by atoms with Crippen LogP contribution >= 0.6 is 0 Å². The van der Waals surface area contributed by atoms with Crippen molar-refractivity contribution in [3.05, 3.63) is 29.8 Å². The molecule has 0 aliphatic heterocycles. The second kappa shape index (κ2) is 6.46. The molecule has 0 aromatic heterocycles. The minimum Gasteiger partial charge on any atom is -0.372 e. The molecular weight excluding hydrogens is 184 g/mol. The lowest BCUT2D eigenvalue weighted by atomic mass is 10.2. The summed E-state index contributed by atoms with van der Waals surface area (Å²) >= 11 is 0. The van der Waals surface area contributed by atoms with Crippen molar-refractivity contribution in [2.75, 3.05) is 24.5 Å². The van der Waals surface area contributed by atoms with Crippen LogP contribution in [0.4, 0.5) is 5.69 Å². The van der Waals surface area contributed by atoms with Gasteiger partial charge in [-0.2, -0.15) is 0 Å². The summed E-state index contributed by atoms with van der Waals surface area (Å²) in [6.45, 7) is 10.7. The molecule has 15 heavy (non-hydrogen) atoms. The molecule has 0 bridgehead atoms. The fourth-order valence-electron chi connectivity index (χ4n) is 1.72. The maximum absolute atomic E-state index is 3.35. The van der Waals surface area contributed by atoms with Crippen molar-refractivity contribution in [3.63, 3.8) is 0 Å². The molecule has 1 N–H and O–H groups in total. The van der Waals surface area contributed by atoms with Crippen molar-refractivity contribution in [2.45, 2.75) is 27.3 Å². The van der Waals surface area contributed by atoms with Gasteiger partial charge in [-0.1, -0.05) is 19.1 Å². The molecule has 0 radical (unpaired) electrons. The second-order valence-electron chi connectivity index (χ2n) is 3.62. The zero-order chi connectivity index (χ0) is 11.1. The number of anilines is 1. The van der Waals surface area contributed by atoms with E-state index < -0.39 is 0 Å². The van der Waals surface area contributed by atoms with E-state index in [0.717, 1.165) is 26.2 Å². The number of rotatable bonds is 6. The molecule has 0 fully saturated rings. The Labute approximate surface area is 93.3 Å². The Hall–Kier alpha value is -1.02. The SMILES string of the molecule is CCNCc1cccc(N(CC)CC)c1. The molecule has 0 heterocycles. The van der Waals surface area contributed by atoms with Gasteiger partial charge >= 0.3 is 0 Å². The van der Waals surface area contributed by atoms with Gasteiger partial charge in [-0.25, -0.2) is 0 Å². The average molecular weight is 206 g/mol. The first kappa shape index (κ1) is 12.1. The maximum atomic E-state index is 3.35. The van der Waals surface area contributed by atoms with E-state index in [2.05, 4.69) is 55.3 Å². The van der Waals surface area contributed by atoms with Crippen molar-refractivity contribution >= 4 is 5.69 Å². The summed E-state index contributed by atoms with van der Waals surface area (Å²) in [5, 5.41) is 3.35. The topological polar surface area (TPSA) is 15.3 Å². The molecular formula is C13H22N2. The van der Waals surface area contributed by atoms with Crippen LogP contribution in [0.25, 0.3) is 0 Å². The van der Waals surface area contributed by atoms with E-state index in [1.165, 1.54) is 11.3 Å². The largest absolute Gasteiger partial charge is 0.372 e. The summed E-state index contributed by atoms with van der Waals surface area (Å²) in [6, 6.07) is 8.77. The van der Waals surface area contributed by atoms with E-state index >= 15 is 0 Å². The lowest BCUT2D eigenvalue weighted by molar-refractivity contribution is 0.726. The molecule has 2 nitrogen and oxygen atoms in total. The van der Waals surface area contributed by atoms with E-state index in [1.807, 2.05) is 0 Å². The van der Waals surface area contributed by atoms with Gasteiger partial charge in [-0.15, -0.1) is 0 Å².